The minimum absolute atomic E-state index is 0.0636. The topological polar surface area (TPSA) is 65.1 Å². The van der Waals surface area contributed by atoms with Gasteiger partial charge in [-0.1, -0.05) is 20.8 Å². The Bertz CT molecular complexity index is 546. The summed E-state index contributed by atoms with van der Waals surface area (Å²) in [6.45, 7) is 20.5. The zero-order valence-corrected chi connectivity index (χ0v) is 19.9. The molecule has 0 saturated carbocycles. The van der Waals surface area contributed by atoms with E-state index in [1.165, 1.54) is 0 Å². The smallest absolute Gasteiger partial charge is 0.412 e. The maximum atomic E-state index is 12.6. The minimum Gasteiger partial charge on any atom is -0.444 e. The molecule has 1 amide bonds. The summed E-state index contributed by atoms with van der Waals surface area (Å²) in [4.78, 5) is 26.6. The van der Waals surface area contributed by atoms with Crippen LogP contribution in [0, 0.1) is 0 Å². The second-order valence-electron chi connectivity index (χ2n) is 10.4. The highest BCUT2D eigenvalue weighted by Gasteiger charge is 2.45. The molecule has 0 unspecified atom stereocenters. The van der Waals surface area contributed by atoms with Gasteiger partial charge < -0.3 is 13.9 Å². The Labute approximate surface area is 166 Å². The normalized spacial score (nSPS) is 20.7. The van der Waals surface area contributed by atoms with Gasteiger partial charge in [0.15, 0.2) is 14.1 Å². The van der Waals surface area contributed by atoms with E-state index in [0.29, 0.717) is 19.4 Å². The molecule has 0 radical (unpaired) electrons. The average molecular weight is 402 g/mol. The van der Waals surface area contributed by atoms with Gasteiger partial charge in [0.2, 0.25) is 0 Å². The first-order valence-electron chi connectivity index (χ1n) is 9.78. The highest BCUT2D eigenvalue weighted by molar-refractivity contribution is 6.74. The summed E-state index contributed by atoms with van der Waals surface area (Å²) in [6.07, 6.45) is 0.500. The highest BCUT2D eigenvalue weighted by atomic mass is 28.4. The average Bonchev–Trinajstić information content (AvgIpc) is 2.74. The Hall–Kier alpha value is -0.923. The fourth-order valence-corrected chi connectivity index (χ4v) is 3.61. The lowest BCUT2D eigenvalue weighted by Crippen LogP contribution is -2.50. The van der Waals surface area contributed by atoms with Crippen LogP contribution in [0.4, 0.5) is 4.79 Å². The van der Waals surface area contributed by atoms with Crippen molar-refractivity contribution in [2.75, 3.05) is 13.2 Å². The second kappa shape index (κ2) is 8.21. The molecule has 0 aromatic rings. The van der Waals surface area contributed by atoms with Crippen molar-refractivity contribution >= 4 is 20.2 Å². The summed E-state index contributed by atoms with van der Waals surface area (Å²) in [5.74, 6) is 0.0636. The number of rotatable bonds is 6. The summed E-state index contributed by atoms with van der Waals surface area (Å²) in [5, 5.41) is 0.0735. The van der Waals surface area contributed by atoms with Crippen molar-refractivity contribution in [2.45, 2.75) is 104 Å². The van der Waals surface area contributed by atoms with Crippen molar-refractivity contribution < 1.29 is 23.5 Å². The molecule has 0 N–H and O–H groups in total. The third-order valence-electron chi connectivity index (χ3n) is 5.32. The van der Waals surface area contributed by atoms with Crippen molar-refractivity contribution in [3.8, 4) is 0 Å². The molecule has 0 aliphatic carbocycles. The summed E-state index contributed by atoms with van der Waals surface area (Å²) in [6, 6.07) is -0.174. The summed E-state index contributed by atoms with van der Waals surface area (Å²) >= 11 is 0. The molecule has 1 saturated heterocycles. The number of carbonyl (C=O) groups excluding carboxylic acids is 2. The fraction of sp³-hybridized carbons (Fsp3) is 0.900. The molecule has 0 aromatic heterocycles. The lowest BCUT2D eigenvalue weighted by Gasteiger charge is -2.36. The van der Waals surface area contributed by atoms with Crippen LogP contribution in [0.2, 0.25) is 18.1 Å². The SMILES string of the molecule is CC(C)(C)OC(=O)N1[C@H](CCC(=O)CO[Si](C)(C)C(C)(C)C)COC1(C)C. The molecule has 7 heteroatoms. The quantitative estimate of drug-likeness (QED) is 0.602. The highest BCUT2D eigenvalue weighted by Crippen LogP contribution is 2.36. The van der Waals surface area contributed by atoms with E-state index in [-0.39, 0.29) is 23.5 Å². The van der Waals surface area contributed by atoms with Gasteiger partial charge in [0, 0.05) is 6.42 Å². The largest absolute Gasteiger partial charge is 0.444 e. The van der Waals surface area contributed by atoms with E-state index in [1.807, 2.05) is 34.6 Å². The maximum absolute atomic E-state index is 12.6. The molecule has 0 aromatic carbocycles. The maximum Gasteiger partial charge on any atom is 0.412 e. The molecule has 6 nitrogen and oxygen atoms in total. The predicted octanol–water partition coefficient (Wildman–Crippen LogP) is 4.73. The van der Waals surface area contributed by atoms with Crippen molar-refractivity contribution in [3.63, 3.8) is 0 Å². The second-order valence-corrected chi connectivity index (χ2v) is 15.2. The van der Waals surface area contributed by atoms with Crippen LogP contribution in [0.1, 0.15) is 68.2 Å². The third-order valence-corrected chi connectivity index (χ3v) is 9.80. The van der Waals surface area contributed by atoms with Gasteiger partial charge in [0.1, 0.15) is 11.3 Å². The first kappa shape index (κ1) is 24.1. The van der Waals surface area contributed by atoms with E-state index in [2.05, 4.69) is 33.9 Å². The molecule has 27 heavy (non-hydrogen) atoms. The van der Waals surface area contributed by atoms with Gasteiger partial charge in [-0.3, -0.25) is 9.69 Å². The molecule has 0 spiro atoms. The minimum atomic E-state index is -1.94. The molecule has 1 aliphatic heterocycles. The number of hydrogen-bond acceptors (Lipinski definition) is 5. The van der Waals surface area contributed by atoms with Gasteiger partial charge in [-0.2, -0.15) is 0 Å². The standard InChI is InChI=1S/C20H39NO5Si/c1-18(2,3)26-17(23)21-15(13-24-20(21,7)8)11-12-16(22)14-25-27(9,10)19(4,5)6/h15H,11-14H2,1-10H3/t15-/m1/s1. The van der Waals surface area contributed by atoms with Crippen LogP contribution >= 0.6 is 0 Å². The van der Waals surface area contributed by atoms with E-state index in [0.717, 1.165) is 0 Å². The van der Waals surface area contributed by atoms with Gasteiger partial charge in [-0.15, -0.1) is 0 Å². The first-order chi connectivity index (χ1) is 12.0. The van der Waals surface area contributed by atoms with Gasteiger partial charge in [0.05, 0.1) is 19.3 Å². The van der Waals surface area contributed by atoms with E-state index < -0.39 is 25.7 Å². The lowest BCUT2D eigenvalue weighted by atomic mass is 10.1. The van der Waals surface area contributed by atoms with E-state index in [4.69, 9.17) is 13.9 Å². The number of nitrogens with zero attached hydrogens (tertiary/aromatic N) is 1. The van der Waals surface area contributed by atoms with Gasteiger partial charge in [-0.25, -0.2) is 4.79 Å². The molecular formula is C20H39NO5Si. The number of amides is 1. The van der Waals surface area contributed by atoms with Crippen molar-refractivity contribution in [1.82, 2.24) is 4.90 Å². The zero-order chi connectivity index (χ0) is 21.3. The van der Waals surface area contributed by atoms with Gasteiger partial charge >= 0.3 is 6.09 Å². The number of hydrogen-bond donors (Lipinski definition) is 0. The van der Waals surface area contributed by atoms with Gasteiger partial charge in [0.25, 0.3) is 0 Å². The van der Waals surface area contributed by atoms with Crippen molar-refractivity contribution in [2.24, 2.45) is 0 Å². The molecule has 1 rings (SSSR count). The van der Waals surface area contributed by atoms with Crippen LogP contribution in [0.15, 0.2) is 0 Å². The van der Waals surface area contributed by atoms with E-state index >= 15 is 0 Å². The monoisotopic (exact) mass is 401 g/mol. The Morgan fingerprint density at radius 3 is 2.19 bits per heavy atom. The number of ketones is 1. The first-order valence-corrected chi connectivity index (χ1v) is 12.7. The predicted molar refractivity (Wildman–Crippen MR) is 109 cm³/mol. The van der Waals surface area contributed by atoms with Crippen molar-refractivity contribution in [1.29, 1.82) is 0 Å². The lowest BCUT2D eigenvalue weighted by molar-refractivity contribution is -0.121. The third kappa shape index (κ3) is 6.87. The molecular weight excluding hydrogens is 362 g/mol. The molecule has 0 bridgehead atoms. The molecule has 1 fully saturated rings. The number of carbonyl (C=O) groups is 2. The Morgan fingerprint density at radius 1 is 1.15 bits per heavy atom. The molecule has 1 aliphatic rings. The fourth-order valence-electron chi connectivity index (χ4n) is 2.65. The zero-order valence-electron chi connectivity index (χ0n) is 18.9. The van der Waals surface area contributed by atoms with Gasteiger partial charge in [-0.05, 0) is 59.2 Å². The summed E-state index contributed by atoms with van der Waals surface area (Å²) < 4.78 is 17.3. The Balaban J connectivity index is 2.64. The van der Waals surface area contributed by atoms with E-state index in [1.54, 1.807) is 4.90 Å². The van der Waals surface area contributed by atoms with Crippen molar-refractivity contribution in [3.05, 3.63) is 0 Å². The van der Waals surface area contributed by atoms with Crippen LogP contribution in [0.25, 0.3) is 0 Å². The van der Waals surface area contributed by atoms with Crippen LogP contribution in [0.5, 0.6) is 0 Å². The van der Waals surface area contributed by atoms with Crippen LogP contribution in [-0.4, -0.2) is 55.7 Å². The molecule has 1 atom stereocenters. The Kier molecular flexibility index (Phi) is 7.33. The summed E-state index contributed by atoms with van der Waals surface area (Å²) in [5.41, 5.74) is -1.32. The Morgan fingerprint density at radius 2 is 1.70 bits per heavy atom. The molecule has 158 valence electrons. The van der Waals surface area contributed by atoms with Crippen LogP contribution in [-0.2, 0) is 18.7 Å². The molecule has 1 heterocycles. The van der Waals surface area contributed by atoms with Crippen LogP contribution < -0.4 is 0 Å². The number of ether oxygens (including phenoxy) is 2. The number of Topliss-reactive ketones (excluding diaryl/α,β-unsaturated/α-hetero) is 1. The van der Waals surface area contributed by atoms with Crippen LogP contribution in [0.3, 0.4) is 0 Å². The summed E-state index contributed by atoms with van der Waals surface area (Å²) in [7, 11) is -1.94. The van der Waals surface area contributed by atoms with E-state index in [9.17, 15) is 9.59 Å².